The van der Waals surface area contributed by atoms with Gasteiger partial charge < -0.3 is 19.2 Å². The van der Waals surface area contributed by atoms with Crippen molar-refractivity contribution in [3.8, 4) is 17.2 Å². The van der Waals surface area contributed by atoms with Crippen molar-refractivity contribution in [3.63, 3.8) is 0 Å². The van der Waals surface area contributed by atoms with Crippen LogP contribution >= 0.6 is 0 Å². The van der Waals surface area contributed by atoms with Crippen molar-refractivity contribution < 1.29 is 18.7 Å². The third kappa shape index (κ3) is 7.17. The van der Waals surface area contributed by atoms with E-state index in [1.54, 1.807) is 0 Å². The fourth-order valence-corrected chi connectivity index (χ4v) is 3.01. The summed E-state index contributed by atoms with van der Waals surface area (Å²) < 4.78 is 16.9. The van der Waals surface area contributed by atoms with Crippen LogP contribution in [0, 0.1) is 6.92 Å². The predicted octanol–water partition coefficient (Wildman–Crippen LogP) is 5.34. The normalized spacial score (nSPS) is 11.2. The maximum atomic E-state index is 11.7. The monoisotopic (exact) mass is 422 g/mol. The molecule has 0 spiro atoms. The van der Waals surface area contributed by atoms with Crippen molar-refractivity contribution in [3.05, 3.63) is 71.6 Å². The molecule has 0 aliphatic carbocycles. The highest BCUT2D eigenvalue weighted by atomic mass is 16.6. The number of alkyl carbamates (subject to hydrolysis) is 1. The summed E-state index contributed by atoms with van der Waals surface area (Å²) in [6.45, 7) is 8.49. The second kappa shape index (κ2) is 10.2. The molecule has 0 radical (unpaired) electrons. The molecule has 2 aromatic carbocycles. The van der Waals surface area contributed by atoms with Crippen LogP contribution in [0.4, 0.5) is 4.79 Å². The van der Waals surface area contributed by atoms with Crippen LogP contribution in [-0.4, -0.2) is 29.8 Å². The number of hydrogen-bond donors (Lipinski definition) is 1. The molecule has 3 rings (SSSR count). The van der Waals surface area contributed by atoms with E-state index in [0.29, 0.717) is 25.5 Å². The summed E-state index contributed by atoms with van der Waals surface area (Å²) in [5, 5.41) is 2.77. The summed E-state index contributed by atoms with van der Waals surface area (Å²) in [5.74, 6) is 2.25. The first-order valence-electron chi connectivity index (χ1n) is 10.5. The largest absolute Gasteiger partial charge is 0.493 e. The molecular weight excluding hydrogens is 392 g/mol. The summed E-state index contributed by atoms with van der Waals surface area (Å²) in [6, 6.07) is 17.7. The number of aryl methyl sites for hydroxylation is 1. The van der Waals surface area contributed by atoms with E-state index in [1.165, 1.54) is 0 Å². The van der Waals surface area contributed by atoms with Gasteiger partial charge in [-0.15, -0.1) is 0 Å². The molecule has 6 nitrogen and oxygen atoms in total. The Morgan fingerprint density at radius 3 is 2.42 bits per heavy atom. The summed E-state index contributed by atoms with van der Waals surface area (Å²) in [6.07, 6.45) is 0.995. The van der Waals surface area contributed by atoms with E-state index in [4.69, 9.17) is 13.9 Å². The van der Waals surface area contributed by atoms with Gasteiger partial charge in [0.2, 0.25) is 5.89 Å². The van der Waals surface area contributed by atoms with Crippen LogP contribution in [0.1, 0.15) is 37.8 Å². The van der Waals surface area contributed by atoms with Crippen molar-refractivity contribution in [1.29, 1.82) is 0 Å². The zero-order valence-corrected chi connectivity index (χ0v) is 18.6. The molecule has 0 saturated carbocycles. The Bertz CT molecular complexity index is 973. The SMILES string of the molecule is Cc1oc(-c2ccccc2)nc1CCOc1ccc(CCNC(=O)OC(C)(C)C)cc1. The molecule has 31 heavy (non-hydrogen) atoms. The van der Waals surface area contributed by atoms with E-state index in [9.17, 15) is 4.79 Å². The Hall–Kier alpha value is -3.28. The Labute approximate surface area is 183 Å². The molecule has 1 heterocycles. The number of nitrogens with zero attached hydrogens (tertiary/aromatic N) is 1. The van der Waals surface area contributed by atoms with E-state index in [2.05, 4.69) is 10.3 Å². The summed E-state index contributed by atoms with van der Waals surface area (Å²) in [4.78, 5) is 16.3. The fraction of sp³-hybridized carbons (Fsp3) is 0.360. The molecule has 164 valence electrons. The minimum atomic E-state index is -0.489. The molecular formula is C25H30N2O4. The number of rotatable bonds is 8. The molecule has 0 aliphatic rings. The van der Waals surface area contributed by atoms with Gasteiger partial charge in [0.25, 0.3) is 0 Å². The van der Waals surface area contributed by atoms with Gasteiger partial charge in [0.05, 0.1) is 12.3 Å². The van der Waals surface area contributed by atoms with Gasteiger partial charge in [-0.1, -0.05) is 30.3 Å². The van der Waals surface area contributed by atoms with E-state index < -0.39 is 11.7 Å². The van der Waals surface area contributed by atoms with E-state index in [0.717, 1.165) is 34.8 Å². The lowest BCUT2D eigenvalue weighted by Crippen LogP contribution is -2.33. The van der Waals surface area contributed by atoms with Crippen molar-refractivity contribution in [2.45, 2.75) is 46.1 Å². The number of aromatic nitrogens is 1. The number of benzene rings is 2. The number of nitrogens with one attached hydrogen (secondary N) is 1. The number of amides is 1. The average molecular weight is 423 g/mol. The first-order chi connectivity index (χ1) is 14.8. The lowest BCUT2D eigenvalue weighted by atomic mass is 10.1. The van der Waals surface area contributed by atoms with Gasteiger partial charge in [0.15, 0.2) is 0 Å². The molecule has 0 fully saturated rings. The van der Waals surface area contributed by atoms with Crippen LogP contribution in [0.2, 0.25) is 0 Å². The summed E-state index contributed by atoms with van der Waals surface area (Å²) >= 11 is 0. The van der Waals surface area contributed by atoms with Crippen molar-refractivity contribution in [1.82, 2.24) is 10.3 Å². The van der Waals surface area contributed by atoms with Gasteiger partial charge in [0, 0.05) is 18.5 Å². The third-order valence-electron chi connectivity index (χ3n) is 4.53. The maximum absolute atomic E-state index is 11.7. The molecule has 0 saturated heterocycles. The van der Waals surface area contributed by atoms with Gasteiger partial charge in [-0.2, -0.15) is 0 Å². The van der Waals surface area contributed by atoms with Crippen molar-refractivity contribution in [2.75, 3.05) is 13.2 Å². The molecule has 0 aliphatic heterocycles. The second-order valence-electron chi connectivity index (χ2n) is 8.31. The minimum absolute atomic E-state index is 0.397. The molecule has 1 aromatic heterocycles. The molecule has 0 atom stereocenters. The van der Waals surface area contributed by atoms with Crippen LogP contribution in [0.15, 0.2) is 59.0 Å². The number of carbonyl (C=O) groups excluding carboxylic acids is 1. The Morgan fingerprint density at radius 2 is 1.74 bits per heavy atom. The molecule has 0 unspecified atom stereocenters. The van der Waals surface area contributed by atoms with E-state index in [1.807, 2.05) is 82.3 Å². The fourth-order valence-electron chi connectivity index (χ4n) is 3.01. The molecule has 1 N–H and O–H groups in total. The van der Waals surface area contributed by atoms with Crippen molar-refractivity contribution in [2.24, 2.45) is 0 Å². The van der Waals surface area contributed by atoms with Crippen LogP contribution < -0.4 is 10.1 Å². The summed E-state index contributed by atoms with van der Waals surface area (Å²) in [7, 11) is 0. The molecule has 1 amide bonds. The van der Waals surface area contributed by atoms with E-state index in [-0.39, 0.29) is 0 Å². The average Bonchev–Trinajstić information content (AvgIpc) is 3.09. The second-order valence-corrected chi connectivity index (χ2v) is 8.31. The van der Waals surface area contributed by atoms with Crippen LogP contribution in [0.25, 0.3) is 11.5 Å². The molecule has 6 heteroatoms. The number of oxazole rings is 1. The Kier molecular flexibility index (Phi) is 7.34. The predicted molar refractivity (Wildman–Crippen MR) is 120 cm³/mol. The highest BCUT2D eigenvalue weighted by Gasteiger charge is 2.15. The quantitative estimate of drug-likeness (QED) is 0.530. The smallest absolute Gasteiger partial charge is 0.407 e. The van der Waals surface area contributed by atoms with Crippen LogP contribution in [0.5, 0.6) is 5.75 Å². The number of carbonyl (C=O) groups is 1. The van der Waals surface area contributed by atoms with Crippen LogP contribution in [0.3, 0.4) is 0 Å². The van der Waals surface area contributed by atoms with Gasteiger partial charge in [0.1, 0.15) is 17.1 Å². The lowest BCUT2D eigenvalue weighted by Gasteiger charge is -2.19. The molecule has 3 aromatic rings. The zero-order valence-electron chi connectivity index (χ0n) is 18.6. The van der Waals surface area contributed by atoms with Crippen molar-refractivity contribution >= 4 is 6.09 Å². The first-order valence-corrected chi connectivity index (χ1v) is 10.5. The maximum Gasteiger partial charge on any atom is 0.407 e. The van der Waals surface area contributed by atoms with Gasteiger partial charge >= 0.3 is 6.09 Å². The number of hydrogen-bond acceptors (Lipinski definition) is 5. The summed E-state index contributed by atoms with van der Waals surface area (Å²) in [5.41, 5.74) is 2.50. The Morgan fingerprint density at radius 1 is 1.03 bits per heavy atom. The Balaban J connectivity index is 1.43. The van der Waals surface area contributed by atoms with Gasteiger partial charge in [-0.05, 0) is 63.9 Å². The first kappa shape index (κ1) is 22.4. The number of ether oxygens (including phenoxy) is 2. The zero-order chi connectivity index (χ0) is 22.3. The highest BCUT2D eigenvalue weighted by Crippen LogP contribution is 2.22. The minimum Gasteiger partial charge on any atom is -0.493 e. The van der Waals surface area contributed by atoms with E-state index >= 15 is 0 Å². The van der Waals surface area contributed by atoms with Crippen LogP contribution in [-0.2, 0) is 17.6 Å². The molecule has 0 bridgehead atoms. The standard InChI is InChI=1S/C25H30N2O4/c1-18-22(27-23(30-18)20-8-6-5-7-9-20)15-17-29-21-12-10-19(11-13-21)14-16-26-24(28)31-25(2,3)4/h5-13H,14-17H2,1-4H3,(H,26,28). The topological polar surface area (TPSA) is 73.6 Å². The van der Waals surface area contributed by atoms with Gasteiger partial charge in [-0.25, -0.2) is 9.78 Å². The van der Waals surface area contributed by atoms with Gasteiger partial charge in [-0.3, -0.25) is 0 Å². The lowest BCUT2D eigenvalue weighted by molar-refractivity contribution is 0.0528. The highest BCUT2D eigenvalue weighted by molar-refractivity contribution is 5.67. The third-order valence-corrected chi connectivity index (χ3v) is 4.53.